The third kappa shape index (κ3) is 4.16. The molecular formula is C16H19ClN4. The molecular weight excluding hydrogens is 284 g/mol. The zero-order valence-electron chi connectivity index (χ0n) is 12.1. The smallest absolute Gasteiger partial charge is 0.147 e. The summed E-state index contributed by atoms with van der Waals surface area (Å²) in [6, 6.07) is 8.57. The number of aromatic nitrogens is 2. The largest absolute Gasteiger partial charge is 0.354 e. The molecule has 1 heterocycles. The second-order valence-corrected chi connectivity index (χ2v) is 5.95. The lowest BCUT2D eigenvalue weighted by atomic mass is 10.2. The summed E-state index contributed by atoms with van der Waals surface area (Å²) in [5, 5.41) is 4.22. The highest BCUT2D eigenvalue weighted by molar-refractivity contribution is 6.30. The van der Waals surface area contributed by atoms with Crippen molar-refractivity contribution in [3.8, 4) is 0 Å². The van der Waals surface area contributed by atoms with E-state index in [0.717, 1.165) is 35.2 Å². The van der Waals surface area contributed by atoms with Crippen molar-refractivity contribution in [1.29, 1.82) is 0 Å². The van der Waals surface area contributed by atoms with E-state index >= 15 is 0 Å². The van der Waals surface area contributed by atoms with E-state index in [1.165, 1.54) is 12.8 Å². The number of hydrogen-bond acceptors (Lipinski definition) is 4. The molecule has 1 fully saturated rings. The monoisotopic (exact) mass is 302 g/mol. The molecule has 1 aliphatic carbocycles. The summed E-state index contributed by atoms with van der Waals surface area (Å²) in [6.07, 6.45) is 6.18. The van der Waals surface area contributed by atoms with Crippen LogP contribution in [0.1, 0.15) is 24.1 Å². The lowest BCUT2D eigenvalue weighted by Gasteiger charge is -2.18. The number of halogens is 1. The summed E-state index contributed by atoms with van der Waals surface area (Å²) < 4.78 is 0. The van der Waals surface area contributed by atoms with Crippen LogP contribution >= 0.6 is 11.6 Å². The zero-order valence-corrected chi connectivity index (χ0v) is 12.8. The van der Waals surface area contributed by atoms with E-state index in [0.29, 0.717) is 6.04 Å². The molecule has 1 aliphatic rings. The van der Waals surface area contributed by atoms with Gasteiger partial charge in [0.05, 0.1) is 11.9 Å². The molecule has 4 nitrogen and oxygen atoms in total. The van der Waals surface area contributed by atoms with Gasteiger partial charge in [0.15, 0.2) is 0 Å². The van der Waals surface area contributed by atoms with Crippen molar-refractivity contribution in [2.75, 3.05) is 11.9 Å². The first-order valence-corrected chi connectivity index (χ1v) is 7.58. The molecule has 0 radical (unpaired) electrons. The van der Waals surface area contributed by atoms with Crippen LogP contribution in [-0.2, 0) is 13.1 Å². The van der Waals surface area contributed by atoms with Crippen LogP contribution in [0.4, 0.5) is 5.82 Å². The number of nitrogens with one attached hydrogen (secondary N) is 1. The van der Waals surface area contributed by atoms with Crippen LogP contribution in [0.25, 0.3) is 0 Å². The Morgan fingerprint density at radius 3 is 2.95 bits per heavy atom. The van der Waals surface area contributed by atoms with Gasteiger partial charge in [-0.15, -0.1) is 0 Å². The first kappa shape index (κ1) is 14.3. The molecule has 21 heavy (non-hydrogen) atoms. The van der Waals surface area contributed by atoms with Gasteiger partial charge in [-0.1, -0.05) is 23.7 Å². The van der Waals surface area contributed by atoms with Gasteiger partial charge in [-0.25, -0.2) is 4.98 Å². The first-order valence-electron chi connectivity index (χ1n) is 7.20. The molecule has 1 saturated carbocycles. The van der Waals surface area contributed by atoms with E-state index in [9.17, 15) is 0 Å². The van der Waals surface area contributed by atoms with Crippen molar-refractivity contribution in [3.63, 3.8) is 0 Å². The number of benzene rings is 1. The normalized spacial score (nSPS) is 14.2. The molecule has 1 aromatic carbocycles. The van der Waals surface area contributed by atoms with Crippen LogP contribution in [0.15, 0.2) is 36.7 Å². The van der Waals surface area contributed by atoms with Crippen molar-refractivity contribution >= 4 is 17.4 Å². The van der Waals surface area contributed by atoms with Crippen LogP contribution < -0.4 is 10.2 Å². The van der Waals surface area contributed by atoms with Gasteiger partial charge in [0, 0.05) is 37.4 Å². The average molecular weight is 303 g/mol. The molecule has 3 rings (SSSR count). The first-order chi connectivity index (χ1) is 10.2. The molecule has 1 aromatic heterocycles. The van der Waals surface area contributed by atoms with Crippen LogP contribution in [0.2, 0.25) is 5.02 Å². The summed E-state index contributed by atoms with van der Waals surface area (Å²) in [7, 11) is 2.02. The predicted octanol–water partition coefficient (Wildman–Crippen LogP) is 3.02. The van der Waals surface area contributed by atoms with Crippen LogP contribution in [0.5, 0.6) is 0 Å². The van der Waals surface area contributed by atoms with Crippen LogP contribution in [0.3, 0.4) is 0 Å². The maximum atomic E-state index is 6.02. The molecule has 0 unspecified atom stereocenters. The summed E-state index contributed by atoms with van der Waals surface area (Å²) in [5.74, 6) is 0.880. The Kier molecular flexibility index (Phi) is 4.36. The Morgan fingerprint density at radius 1 is 1.33 bits per heavy atom. The molecule has 0 saturated heterocycles. The van der Waals surface area contributed by atoms with Gasteiger partial charge in [0.1, 0.15) is 5.82 Å². The number of rotatable bonds is 6. The second kappa shape index (κ2) is 6.41. The highest BCUT2D eigenvalue weighted by Gasteiger charge is 2.20. The molecule has 0 spiro atoms. The molecule has 110 valence electrons. The lowest BCUT2D eigenvalue weighted by Crippen LogP contribution is -2.20. The maximum Gasteiger partial charge on any atom is 0.147 e. The zero-order chi connectivity index (χ0) is 14.7. The highest BCUT2D eigenvalue weighted by Crippen LogP contribution is 2.19. The van der Waals surface area contributed by atoms with Crippen molar-refractivity contribution in [1.82, 2.24) is 15.3 Å². The molecule has 0 atom stereocenters. The topological polar surface area (TPSA) is 41.1 Å². The minimum Gasteiger partial charge on any atom is -0.354 e. The fraction of sp³-hybridized carbons (Fsp3) is 0.375. The summed E-state index contributed by atoms with van der Waals surface area (Å²) >= 11 is 6.02. The summed E-state index contributed by atoms with van der Waals surface area (Å²) in [6.45, 7) is 1.55. The Balaban J connectivity index is 1.65. The fourth-order valence-corrected chi connectivity index (χ4v) is 2.40. The molecule has 0 aliphatic heterocycles. The van der Waals surface area contributed by atoms with E-state index in [4.69, 9.17) is 11.6 Å². The Labute approximate surface area is 130 Å². The molecule has 5 heteroatoms. The van der Waals surface area contributed by atoms with Gasteiger partial charge in [-0.05, 0) is 30.5 Å². The van der Waals surface area contributed by atoms with Gasteiger partial charge in [-0.3, -0.25) is 4.98 Å². The summed E-state index contributed by atoms with van der Waals surface area (Å²) in [4.78, 5) is 11.0. The summed E-state index contributed by atoms with van der Waals surface area (Å²) in [5.41, 5.74) is 2.14. The highest BCUT2D eigenvalue weighted by atomic mass is 35.5. The second-order valence-electron chi connectivity index (χ2n) is 5.51. The SMILES string of the molecule is CN(Cc1cccc(Cl)c1)c1cncc(CNC2CC2)n1. The molecule has 2 aromatic rings. The Hall–Kier alpha value is -1.65. The van der Waals surface area contributed by atoms with Crippen LogP contribution in [0, 0.1) is 0 Å². The van der Waals surface area contributed by atoms with Crippen molar-refractivity contribution in [2.24, 2.45) is 0 Å². The van der Waals surface area contributed by atoms with Gasteiger partial charge in [-0.2, -0.15) is 0 Å². The number of hydrogen-bond donors (Lipinski definition) is 1. The van der Waals surface area contributed by atoms with Crippen molar-refractivity contribution in [3.05, 3.63) is 52.9 Å². The minimum absolute atomic E-state index is 0.680. The average Bonchev–Trinajstić information content (AvgIpc) is 3.30. The van der Waals surface area contributed by atoms with Crippen molar-refractivity contribution < 1.29 is 0 Å². The number of anilines is 1. The fourth-order valence-electron chi connectivity index (χ4n) is 2.19. The van der Waals surface area contributed by atoms with E-state index < -0.39 is 0 Å². The molecule has 0 bridgehead atoms. The molecule has 1 N–H and O–H groups in total. The van der Waals surface area contributed by atoms with Gasteiger partial charge in [0.2, 0.25) is 0 Å². The molecule has 0 amide bonds. The van der Waals surface area contributed by atoms with Gasteiger partial charge >= 0.3 is 0 Å². The van der Waals surface area contributed by atoms with E-state index in [1.54, 1.807) is 6.20 Å². The minimum atomic E-state index is 0.680. The van der Waals surface area contributed by atoms with Crippen LogP contribution in [-0.4, -0.2) is 23.1 Å². The third-order valence-electron chi connectivity index (χ3n) is 3.52. The van der Waals surface area contributed by atoms with E-state index in [1.807, 2.05) is 31.4 Å². The Bertz CT molecular complexity index is 613. The maximum absolute atomic E-state index is 6.02. The van der Waals surface area contributed by atoms with Gasteiger partial charge < -0.3 is 10.2 Å². The predicted molar refractivity (Wildman–Crippen MR) is 85.5 cm³/mol. The number of nitrogens with zero attached hydrogens (tertiary/aromatic N) is 3. The van der Waals surface area contributed by atoms with E-state index in [-0.39, 0.29) is 0 Å². The standard InChI is InChI=1S/C16H19ClN4/c1-21(11-12-3-2-4-13(17)7-12)16-10-18-8-15(20-16)9-19-14-5-6-14/h2-4,7-8,10,14,19H,5-6,9,11H2,1H3. The lowest BCUT2D eigenvalue weighted by molar-refractivity contribution is 0.670. The third-order valence-corrected chi connectivity index (χ3v) is 3.76. The van der Waals surface area contributed by atoms with Gasteiger partial charge in [0.25, 0.3) is 0 Å². The quantitative estimate of drug-likeness (QED) is 0.890. The Morgan fingerprint density at radius 2 is 2.19 bits per heavy atom. The van der Waals surface area contributed by atoms with Crippen molar-refractivity contribution in [2.45, 2.75) is 32.0 Å². The van der Waals surface area contributed by atoms with E-state index in [2.05, 4.69) is 26.3 Å².